The molecule has 2 aromatic carbocycles. The van der Waals surface area contributed by atoms with Crippen molar-refractivity contribution >= 4 is 35.3 Å². The molecule has 1 aromatic heterocycles. The summed E-state index contributed by atoms with van der Waals surface area (Å²) in [5.41, 5.74) is 4.60. The Hall–Kier alpha value is -2.99. The summed E-state index contributed by atoms with van der Waals surface area (Å²) in [5, 5.41) is 3.94. The SMILES string of the molecule is O=C(CN1c2ccccc2Sc2ccccc21)N/N=C\c1ccco1. The third-order valence-electron chi connectivity index (χ3n) is 3.76. The molecule has 1 N–H and O–H groups in total. The van der Waals surface area contributed by atoms with Crippen molar-refractivity contribution in [1.82, 2.24) is 5.43 Å². The Kier molecular flexibility index (Phi) is 4.26. The number of furan rings is 1. The van der Waals surface area contributed by atoms with Crippen LogP contribution in [-0.2, 0) is 4.79 Å². The molecule has 5 nitrogen and oxygen atoms in total. The summed E-state index contributed by atoms with van der Waals surface area (Å²) in [5.74, 6) is 0.393. The number of hydrogen-bond acceptors (Lipinski definition) is 5. The molecule has 0 unspecified atom stereocenters. The first kappa shape index (κ1) is 15.5. The quantitative estimate of drug-likeness (QED) is 0.571. The molecule has 1 aliphatic rings. The van der Waals surface area contributed by atoms with E-state index in [1.54, 1.807) is 30.2 Å². The van der Waals surface area contributed by atoms with Crippen molar-refractivity contribution in [3.05, 3.63) is 72.7 Å². The highest BCUT2D eigenvalue weighted by molar-refractivity contribution is 7.99. The average molecular weight is 349 g/mol. The van der Waals surface area contributed by atoms with E-state index in [1.165, 1.54) is 6.21 Å². The lowest BCUT2D eigenvalue weighted by Crippen LogP contribution is -2.33. The van der Waals surface area contributed by atoms with E-state index >= 15 is 0 Å². The summed E-state index contributed by atoms with van der Waals surface area (Å²) in [6, 6.07) is 19.7. The molecule has 0 bridgehead atoms. The second kappa shape index (κ2) is 6.86. The topological polar surface area (TPSA) is 57.8 Å². The zero-order valence-electron chi connectivity index (χ0n) is 13.3. The maximum absolute atomic E-state index is 12.4. The van der Waals surface area contributed by atoms with Crippen molar-refractivity contribution in [2.24, 2.45) is 5.10 Å². The Morgan fingerprint density at radius 1 is 1.04 bits per heavy atom. The fourth-order valence-electron chi connectivity index (χ4n) is 2.66. The number of para-hydroxylation sites is 2. The van der Waals surface area contributed by atoms with Crippen LogP contribution in [0.5, 0.6) is 0 Å². The molecule has 0 aliphatic carbocycles. The number of carbonyl (C=O) groups excluding carboxylic acids is 1. The van der Waals surface area contributed by atoms with E-state index in [0.29, 0.717) is 5.76 Å². The predicted molar refractivity (Wildman–Crippen MR) is 98.5 cm³/mol. The molecule has 1 amide bonds. The lowest BCUT2D eigenvalue weighted by atomic mass is 10.2. The van der Waals surface area contributed by atoms with Gasteiger partial charge in [0.15, 0.2) is 0 Å². The molecule has 0 atom stereocenters. The second-order valence-corrected chi connectivity index (χ2v) is 6.52. The molecule has 2 heterocycles. The molecule has 3 aromatic rings. The Labute approximate surface area is 149 Å². The fourth-order valence-corrected chi connectivity index (χ4v) is 3.76. The second-order valence-electron chi connectivity index (χ2n) is 5.43. The molecular weight excluding hydrogens is 334 g/mol. The summed E-state index contributed by atoms with van der Waals surface area (Å²) in [6.07, 6.45) is 3.04. The molecule has 6 heteroatoms. The van der Waals surface area contributed by atoms with Gasteiger partial charge in [-0.05, 0) is 36.4 Å². The van der Waals surface area contributed by atoms with Crippen LogP contribution in [0.15, 0.2) is 86.2 Å². The van der Waals surface area contributed by atoms with Gasteiger partial charge in [0, 0.05) is 9.79 Å². The van der Waals surface area contributed by atoms with Crippen LogP contribution in [-0.4, -0.2) is 18.7 Å². The zero-order valence-corrected chi connectivity index (χ0v) is 14.1. The first-order valence-electron chi connectivity index (χ1n) is 7.80. The third-order valence-corrected chi connectivity index (χ3v) is 4.89. The molecule has 124 valence electrons. The summed E-state index contributed by atoms with van der Waals surface area (Å²) in [7, 11) is 0. The highest BCUT2D eigenvalue weighted by atomic mass is 32.2. The number of nitrogens with one attached hydrogen (secondary N) is 1. The van der Waals surface area contributed by atoms with Gasteiger partial charge in [0.1, 0.15) is 12.3 Å². The zero-order chi connectivity index (χ0) is 17.1. The number of hydrogen-bond donors (Lipinski definition) is 1. The Morgan fingerprint density at radius 2 is 1.72 bits per heavy atom. The molecule has 4 rings (SSSR count). The van der Waals surface area contributed by atoms with Crippen molar-refractivity contribution in [3.63, 3.8) is 0 Å². The first-order chi connectivity index (χ1) is 12.3. The van der Waals surface area contributed by atoms with Crippen molar-refractivity contribution in [3.8, 4) is 0 Å². The summed E-state index contributed by atoms with van der Waals surface area (Å²) in [4.78, 5) is 16.6. The van der Waals surface area contributed by atoms with E-state index in [0.717, 1.165) is 21.2 Å². The first-order valence-corrected chi connectivity index (χ1v) is 8.62. The normalized spacial score (nSPS) is 12.7. The standard InChI is InChI=1S/C19H15N3O2S/c23-19(21-20-12-14-6-5-11-24-14)13-22-15-7-1-3-9-17(15)25-18-10-4-2-8-16(18)22/h1-12H,13H2,(H,21,23)/b20-12-. The lowest BCUT2D eigenvalue weighted by molar-refractivity contribution is -0.119. The van der Waals surface area contributed by atoms with Crippen LogP contribution in [0.4, 0.5) is 11.4 Å². The molecule has 1 aliphatic heterocycles. The number of carbonyl (C=O) groups is 1. The molecule has 0 spiro atoms. The van der Waals surface area contributed by atoms with Gasteiger partial charge >= 0.3 is 0 Å². The predicted octanol–water partition coefficient (Wildman–Crippen LogP) is 4.03. The minimum absolute atomic E-state index is 0.185. The highest BCUT2D eigenvalue weighted by Crippen LogP contribution is 2.47. The van der Waals surface area contributed by atoms with Crippen LogP contribution >= 0.6 is 11.8 Å². The van der Waals surface area contributed by atoms with Gasteiger partial charge < -0.3 is 9.32 Å². The van der Waals surface area contributed by atoms with E-state index in [-0.39, 0.29) is 12.5 Å². The highest BCUT2D eigenvalue weighted by Gasteiger charge is 2.24. The number of anilines is 2. The third kappa shape index (κ3) is 3.29. The Balaban J connectivity index is 1.54. The molecule has 0 fully saturated rings. The van der Waals surface area contributed by atoms with E-state index < -0.39 is 0 Å². The van der Waals surface area contributed by atoms with Gasteiger partial charge in [0.25, 0.3) is 5.91 Å². The number of amides is 1. The minimum Gasteiger partial charge on any atom is -0.463 e. The fraction of sp³-hybridized carbons (Fsp3) is 0.0526. The summed E-state index contributed by atoms with van der Waals surface area (Å²) < 4.78 is 5.14. The molecule has 0 radical (unpaired) electrons. The minimum atomic E-state index is -0.195. The molecule has 0 saturated heterocycles. The lowest BCUT2D eigenvalue weighted by Gasteiger charge is -2.31. The van der Waals surface area contributed by atoms with Crippen LogP contribution in [0.25, 0.3) is 0 Å². The number of fused-ring (bicyclic) bond motifs is 2. The largest absolute Gasteiger partial charge is 0.463 e. The van der Waals surface area contributed by atoms with Gasteiger partial charge in [-0.15, -0.1) is 0 Å². The van der Waals surface area contributed by atoms with Crippen LogP contribution in [0.3, 0.4) is 0 Å². The van der Waals surface area contributed by atoms with Crippen LogP contribution in [0, 0.1) is 0 Å². The smallest absolute Gasteiger partial charge is 0.260 e. The van der Waals surface area contributed by atoms with Gasteiger partial charge in [-0.3, -0.25) is 4.79 Å². The van der Waals surface area contributed by atoms with Crippen LogP contribution in [0.1, 0.15) is 5.76 Å². The number of rotatable bonds is 4. The van der Waals surface area contributed by atoms with Crippen molar-refractivity contribution in [2.75, 3.05) is 11.4 Å². The van der Waals surface area contributed by atoms with Crippen molar-refractivity contribution in [1.29, 1.82) is 0 Å². The molecule has 0 saturated carbocycles. The Morgan fingerprint density at radius 3 is 2.36 bits per heavy atom. The van der Waals surface area contributed by atoms with E-state index in [9.17, 15) is 4.79 Å². The Bertz CT molecular complexity index is 876. The number of nitrogens with zero attached hydrogens (tertiary/aromatic N) is 2. The number of benzene rings is 2. The van der Waals surface area contributed by atoms with Gasteiger partial charge in [-0.25, -0.2) is 5.43 Å². The van der Waals surface area contributed by atoms with Gasteiger partial charge in [0.05, 0.1) is 23.9 Å². The maximum Gasteiger partial charge on any atom is 0.260 e. The molecule has 25 heavy (non-hydrogen) atoms. The van der Waals surface area contributed by atoms with E-state index in [4.69, 9.17) is 4.42 Å². The van der Waals surface area contributed by atoms with Crippen LogP contribution in [0.2, 0.25) is 0 Å². The monoisotopic (exact) mass is 349 g/mol. The average Bonchev–Trinajstić information content (AvgIpc) is 3.15. The maximum atomic E-state index is 12.4. The van der Waals surface area contributed by atoms with Crippen molar-refractivity contribution in [2.45, 2.75) is 9.79 Å². The van der Waals surface area contributed by atoms with Gasteiger partial charge in [-0.2, -0.15) is 5.10 Å². The van der Waals surface area contributed by atoms with Crippen LogP contribution < -0.4 is 10.3 Å². The van der Waals surface area contributed by atoms with E-state index in [2.05, 4.69) is 22.7 Å². The van der Waals surface area contributed by atoms with Crippen molar-refractivity contribution < 1.29 is 9.21 Å². The summed E-state index contributed by atoms with van der Waals surface area (Å²) in [6.45, 7) is 0.185. The van der Waals surface area contributed by atoms with E-state index in [1.807, 2.05) is 41.3 Å². The summed E-state index contributed by atoms with van der Waals surface area (Å²) >= 11 is 1.71. The van der Waals surface area contributed by atoms with Gasteiger partial charge in [-0.1, -0.05) is 36.0 Å². The van der Waals surface area contributed by atoms with Gasteiger partial charge in [0.2, 0.25) is 0 Å². The molecular formula is C19H15N3O2S. The number of hydrazone groups is 1.